The highest BCUT2D eigenvalue weighted by Gasteiger charge is 2.21. The predicted octanol–water partition coefficient (Wildman–Crippen LogP) is 2.90. The summed E-state index contributed by atoms with van der Waals surface area (Å²) in [4.78, 5) is 0. The molecular weight excluding hydrogens is 240 g/mol. The van der Waals surface area contributed by atoms with E-state index in [1.807, 2.05) is 26.0 Å². The molecule has 1 atom stereocenters. The molecule has 0 unspecified atom stereocenters. The SMILES string of the molecule is Cc1noc(C)c1CN[C@H]1CCOc2ccccc21. The van der Waals surface area contributed by atoms with Gasteiger partial charge in [0, 0.05) is 30.1 Å². The molecule has 100 valence electrons. The van der Waals surface area contributed by atoms with Crippen molar-refractivity contribution in [2.75, 3.05) is 6.61 Å². The molecular formula is C15H18N2O2. The van der Waals surface area contributed by atoms with Gasteiger partial charge in [0.25, 0.3) is 0 Å². The van der Waals surface area contributed by atoms with E-state index in [4.69, 9.17) is 9.26 Å². The van der Waals surface area contributed by atoms with Crippen molar-refractivity contribution in [3.05, 3.63) is 46.8 Å². The molecule has 1 N–H and O–H groups in total. The first kappa shape index (κ1) is 12.2. The molecule has 0 aliphatic carbocycles. The summed E-state index contributed by atoms with van der Waals surface area (Å²) in [5.41, 5.74) is 3.36. The molecule has 3 rings (SSSR count). The zero-order valence-electron chi connectivity index (χ0n) is 11.3. The molecule has 4 nitrogen and oxygen atoms in total. The normalized spacial score (nSPS) is 17.9. The van der Waals surface area contributed by atoms with Crippen LogP contribution in [0.1, 0.15) is 35.0 Å². The maximum atomic E-state index is 5.67. The molecule has 0 saturated carbocycles. The van der Waals surface area contributed by atoms with Crippen molar-refractivity contribution >= 4 is 0 Å². The van der Waals surface area contributed by atoms with Gasteiger partial charge in [-0.1, -0.05) is 23.4 Å². The molecule has 0 radical (unpaired) electrons. The second-order valence-electron chi connectivity index (χ2n) is 4.91. The van der Waals surface area contributed by atoms with Crippen molar-refractivity contribution < 1.29 is 9.26 Å². The lowest BCUT2D eigenvalue weighted by atomic mass is 10.0. The number of aryl methyl sites for hydroxylation is 2. The number of ether oxygens (including phenoxy) is 1. The van der Waals surface area contributed by atoms with E-state index in [-0.39, 0.29) is 0 Å². The smallest absolute Gasteiger partial charge is 0.138 e. The van der Waals surface area contributed by atoms with E-state index >= 15 is 0 Å². The van der Waals surface area contributed by atoms with Crippen molar-refractivity contribution in [3.63, 3.8) is 0 Å². The summed E-state index contributed by atoms with van der Waals surface area (Å²) in [6.07, 6.45) is 0.986. The molecule has 2 heterocycles. The molecule has 1 aromatic carbocycles. The summed E-state index contributed by atoms with van der Waals surface area (Å²) in [6.45, 7) is 5.47. The van der Waals surface area contributed by atoms with Crippen LogP contribution in [0.3, 0.4) is 0 Å². The number of fused-ring (bicyclic) bond motifs is 1. The van der Waals surface area contributed by atoms with E-state index in [1.165, 1.54) is 5.56 Å². The highest BCUT2D eigenvalue weighted by atomic mass is 16.5. The van der Waals surface area contributed by atoms with Crippen LogP contribution < -0.4 is 10.1 Å². The molecule has 0 bridgehead atoms. The average Bonchev–Trinajstić information content (AvgIpc) is 2.76. The largest absolute Gasteiger partial charge is 0.493 e. The molecule has 2 aromatic rings. The first-order chi connectivity index (χ1) is 9.25. The van der Waals surface area contributed by atoms with E-state index < -0.39 is 0 Å². The minimum atomic E-state index is 0.332. The fraction of sp³-hybridized carbons (Fsp3) is 0.400. The molecule has 1 aliphatic rings. The zero-order chi connectivity index (χ0) is 13.2. The number of benzene rings is 1. The third-order valence-electron chi connectivity index (χ3n) is 3.66. The number of hydrogen-bond acceptors (Lipinski definition) is 4. The number of aromatic nitrogens is 1. The Bertz CT molecular complexity index is 558. The van der Waals surface area contributed by atoms with Crippen LogP contribution in [0, 0.1) is 13.8 Å². The summed E-state index contributed by atoms with van der Waals surface area (Å²) in [6, 6.07) is 8.55. The Morgan fingerprint density at radius 1 is 1.32 bits per heavy atom. The van der Waals surface area contributed by atoms with Gasteiger partial charge in [-0.3, -0.25) is 0 Å². The number of para-hydroxylation sites is 1. The Morgan fingerprint density at radius 2 is 2.16 bits per heavy atom. The van der Waals surface area contributed by atoms with E-state index in [9.17, 15) is 0 Å². The Labute approximate surface area is 112 Å². The lowest BCUT2D eigenvalue weighted by Gasteiger charge is -2.26. The van der Waals surface area contributed by atoms with Crippen LogP contribution in [-0.4, -0.2) is 11.8 Å². The fourth-order valence-electron chi connectivity index (χ4n) is 2.53. The van der Waals surface area contributed by atoms with Crippen LogP contribution in [0.2, 0.25) is 0 Å². The van der Waals surface area contributed by atoms with Gasteiger partial charge in [0.05, 0.1) is 12.3 Å². The van der Waals surface area contributed by atoms with E-state index in [1.54, 1.807) is 0 Å². The summed E-state index contributed by atoms with van der Waals surface area (Å²) in [5.74, 6) is 1.88. The minimum Gasteiger partial charge on any atom is -0.493 e. The van der Waals surface area contributed by atoms with Gasteiger partial charge in [0.15, 0.2) is 0 Å². The van der Waals surface area contributed by atoms with Crippen molar-refractivity contribution in [2.24, 2.45) is 0 Å². The predicted molar refractivity (Wildman–Crippen MR) is 72.1 cm³/mol. The highest BCUT2D eigenvalue weighted by molar-refractivity contribution is 5.37. The fourth-order valence-corrected chi connectivity index (χ4v) is 2.53. The molecule has 19 heavy (non-hydrogen) atoms. The first-order valence-electron chi connectivity index (χ1n) is 6.62. The van der Waals surface area contributed by atoms with Crippen LogP contribution in [-0.2, 0) is 6.54 Å². The van der Waals surface area contributed by atoms with Crippen molar-refractivity contribution in [1.82, 2.24) is 10.5 Å². The lowest BCUT2D eigenvalue weighted by Crippen LogP contribution is -2.27. The summed E-state index contributed by atoms with van der Waals surface area (Å²) in [5, 5.41) is 7.57. The lowest BCUT2D eigenvalue weighted by molar-refractivity contribution is 0.252. The van der Waals surface area contributed by atoms with Crippen molar-refractivity contribution in [1.29, 1.82) is 0 Å². The number of rotatable bonds is 3. The van der Waals surface area contributed by atoms with Gasteiger partial charge in [-0.2, -0.15) is 0 Å². The number of hydrogen-bond donors (Lipinski definition) is 1. The van der Waals surface area contributed by atoms with Gasteiger partial charge in [0.2, 0.25) is 0 Å². The number of nitrogens with one attached hydrogen (secondary N) is 1. The zero-order valence-corrected chi connectivity index (χ0v) is 11.3. The topological polar surface area (TPSA) is 47.3 Å². The molecule has 1 aliphatic heterocycles. The Balaban J connectivity index is 1.75. The van der Waals surface area contributed by atoms with Gasteiger partial charge >= 0.3 is 0 Å². The summed E-state index contributed by atoms with van der Waals surface area (Å²) < 4.78 is 10.9. The summed E-state index contributed by atoms with van der Waals surface area (Å²) >= 11 is 0. The van der Waals surface area contributed by atoms with Gasteiger partial charge in [-0.25, -0.2) is 0 Å². The average molecular weight is 258 g/mol. The van der Waals surface area contributed by atoms with E-state index in [2.05, 4.69) is 22.6 Å². The molecule has 0 saturated heterocycles. The Kier molecular flexibility index (Phi) is 3.25. The third-order valence-corrected chi connectivity index (χ3v) is 3.66. The van der Waals surface area contributed by atoms with Gasteiger partial charge in [-0.05, 0) is 19.9 Å². The van der Waals surface area contributed by atoms with E-state index in [0.717, 1.165) is 42.3 Å². The maximum Gasteiger partial charge on any atom is 0.138 e. The molecule has 1 aromatic heterocycles. The van der Waals surface area contributed by atoms with Crippen LogP contribution in [0.15, 0.2) is 28.8 Å². The number of nitrogens with zero attached hydrogens (tertiary/aromatic N) is 1. The Hall–Kier alpha value is -1.81. The highest BCUT2D eigenvalue weighted by Crippen LogP contribution is 2.31. The third kappa shape index (κ3) is 2.36. The van der Waals surface area contributed by atoms with Crippen LogP contribution in [0.4, 0.5) is 0 Å². The van der Waals surface area contributed by atoms with Gasteiger partial charge in [-0.15, -0.1) is 0 Å². The van der Waals surface area contributed by atoms with Crippen molar-refractivity contribution in [2.45, 2.75) is 32.9 Å². The molecule has 0 spiro atoms. The van der Waals surface area contributed by atoms with Crippen molar-refractivity contribution in [3.8, 4) is 5.75 Å². The minimum absolute atomic E-state index is 0.332. The molecule has 0 fully saturated rings. The van der Waals surface area contributed by atoms with Crippen LogP contribution in [0.25, 0.3) is 0 Å². The molecule has 4 heteroatoms. The quantitative estimate of drug-likeness (QED) is 0.919. The molecule has 0 amide bonds. The van der Waals surface area contributed by atoms with Crippen LogP contribution in [0.5, 0.6) is 5.75 Å². The second-order valence-corrected chi connectivity index (χ2v) is 4.91. The first-order valence-corrected chi connectivity index (χ1v) is 6.62. The van der Waals surface area contributed by atoms with E-state index in [0.29, 0.717) is 6.04 Å². The Morgan fingerprint density at radius 3 is 2.95 bits per heavy atom. The standard InChI is InChI=1S/C15H18N2O2/c1-10-13(11(2)19-17-10)9-16-14-7-8-18-15-6-4-3-5-12(14)15/h3-6,14,16H,7-9H2,1-2H3/t14-/m0/s1. The van der Waals surface area contributed by atoms with Gasteiger partial charge < -0.3 is 14.6 Å². The summed E-state index contributed by atoms with van der Waals surface area (Å²) in [7, 11) is 0. The monoisotopic (exact) mass is 258 g/mol. The van der Waals surface area contributed by atoms with Gasteiger partial charge in [0.1, 0.15) is 11.5 Å². The van der Waals surface area contributed by atoms with Crippen LogP contribution >= 0.6 is 0 Å². The second kappa shape index (κ2) is 5.05. The maximum absolute atomic E-state index is 5.67.